The largest absolute Gasteiger partial charge is 0.486 e. The van der Waals surface area contributed by atoms with Crippen LogP contribution in [0.2, 0.25) is 0 Å². The van der Waals surface area contributed by atoms with E-state index in [1.54, 1.807) is 30.3 Å². The van der Waals surface area contributed by atoms with Crippen LogP contribution in [0.1, 0.15) is 6.42 Å². The summed E-state index contributed by atoms with van der Waals surface area (Å²) in [7, 11) is 0. The second-order valence-corrected chi connectivity index (χ2v) is 6.07. The molecule has 0 radical (unpaired) electrons. The van der Waals surface area contributed by atoms with Gasteiger partial charge in [-0.1, -0.05) is 6.07 Å². The van der Waals surface area contributed by atoms with Gasteiger partial charge in [-0.05, 0) is 29.8 Å². The van der Waals surface area contributed by atoms with Crippen LogP contribution >= 0.6 is 0 Å². The fraction of sp³-hybridized carbons (Fsp3) is 0.200. The van der Waals surface area contributed by atoms with Gasteiger partial charge < -0.3 is 24.4 Å². The van der Waals surface area contributed by atoms with Crippen LogP contribution < -0.4 is 25.4 Å². The Labute approximate surface area is 154 Å². The van der Waals surface area contributed by atoms with Crippen molar-refractivity contribution in [1.82, 2.24) is 0 Å². The van der Waals surface area contributed by atoms with E-state index in [0.29, 0.717) is 59.1 Å². The van der Waals surface area contributed by atoms with Gasteiger partial charge in [-0.3, -0.25) is 9.59 Å². The van der Waals surface area contributed by atoms with Gasteiger partial charge in [0.1, 0.15) is 30.8 Å². The molecule has 0 aliphatic carbocycles. The standard InChI is InChI=1S/C20H17NO6/c21-6-5-19(22)27-13-2-3-14-17(10-13)26-11-15(20(14)23)12-1-4-16-18(9-12)25-8-7-24-16/h1-4,9-11H,5-8,21H2/p+1. The number of benzene rings is 2. The zero-order valence-corrected chi connectivity index (χ0v) is 14.5. The van der Waals surface area contributed by atoms with Crippen molar-refractivity contribution in [2.24, 2.45) is 0 Å². The van der Waals surface area contributed by atoms with Gasteiger partial charge in [-0.15, -0.1) is 0 Å². The normalized spacial score (nSPS) is 12.8. The minimum absolute atomic E-state index is 0.177. The first kappa shape index (κ1) is 17.1. The smallest absolute Gasteiger partial charge is 0.316 e. The van der Waals surface area contributed by atoms with Crippen molar-refractivity contribution >= 4 is 16.9 Å². The number of hydrogen-bond acceptors (Lipinski definition) is 6. The maximum absolute atomic E-state index is 12.9. The van der Waals surface area contributed by atoms with Gasteiger partial charge in [0.05, 0.1) is 23.9 Å². The van der Waals surface area contributed by atoms with Crippen molar-refractivity contribution in [3.05, 3.63) is 52.9 Å². The molecule has 0 amide bonds. The topological polar surface area (TPSA) is 103 Å². The second-order valence-electron chi connectivity index (χ2n) is 6.07. The van der Waals surface area contributed by atoms with Gasteiger partial charge >= 0.3 is 5.97 Å². The summed E-state index contributed by atoms with van der Waals surface area (Å²) < 4.78 is 21.9. The summed E-state index contributed by atoms with van der Waals surface area (Å²) in [5, 5.41) is 0.402. The van der Waals surface area contributed by atoms with Crippen molar-refractivity contribution in [3.8, 4) is 28.4 Å². The van der Waals surface area contributed by atoms with Gasteiger partial charge in [0.25, 0.3) is 0 Å². The van der Waals surface area contributed by atoms with E-state index < -0.39 is 0 Å². The Kier molecular flexibility index (Phi) is 4.52. The van der Waals surface area contributed by atoms with E-state index in [-0.39, 0.29) is 17.8 Å². The monoisotopic (exact) mass is 368 g/mol. The molecule has 27 heavy (non-hydrogen) atoms. The lowest BCUT2D eigenvalue weighted by molar-refractivity contribution is -0.366. The molecule has 1 aliphatic rings. The number of rotatable bonds is 4. The molecule has 0 spiro atoms. The number of carbonyl (C=O) groups excluding carboxylic acids is 1. The van der Waals surface area contributed by atoms with Crippen LogP contribution in [0.25, 0.3) is 22.1 Å². The molecule has 2 heterocycles. The van der Waals surface area contributed by atoms with Crippen LogP contribution in [0.5, 0.6) is 17.2 Å². The second kappa shape index (κ2) is 7.13. The number of carbonyl (C=O) groups is 1. The van der Waals surface area contributed by atoms with E-state index in [4.69, 9.17) is 18.6 Å². The van der Waals surface area contributed by atoms with E-state index >= 15 is 0 Å². The summed E-state index contributed by atoms with van der Waals surface area (Å²) in [5.41, 5.74) is 4.89. The zero-order valence-electron chi connectivity index (χ0n) is 14.5. The van der Waals surface area contributed by atoms with E-state index in [0.717, 1.165) is 0 Å². The number of ether oxygens (including phenoxy) is 3. The molecule has 3 N–H and O–H groups in total. The third kappa shape index (κ3) is 3.37. The molecule has 7 nitrogen and oxygen atoms in total. The predicted octanol–water partition coefficient (Wildman–Crippen LogP) is 1.77. The van der Waals surface area contributed by atoms with Crippen LogP contribution in [0.4, 0.5) is 0 Å². The molecule has 1 aliphatic heterocycles. The summed E-state index contributed by atoms with van der Waals surface area (Å²) >= 11 is 0. The average molecular weight is 368 g/mol. The fourth-order valence-corrected chi connectivity index (χ4v) is 2.91. The van der Waals surface area contributed by atoms with Crippen molar-refractivity contribution in [2.75, 3.05) is 19.8 Å². The molecule has 0 unspecified atom stereocenters. The first-order chi connectivity index (χ1) is 13.2. The SMILES string of the molecule is [NH3+]CCC(=O)Oc1ccc2c(=O)c(-c3ccc4c(c3)OCCO4)coc2c1. The number of hydrogen-bond donors (Lipinski definition) is 1. The highest BCUT2D eigenvalue weighted by molar-refractivity contribution is 5.84. The summed E-state index contributed by atoms with van der Waals surface area (Å²) in [6.07, 6.45) is 1.63. The molecule has 0 fully saturated rings. The number of fused-ring (bicyclic) bond motifs is 2. The summed E-state index contributed by atoms with van der Waals surface area (Å²) in [6, 6.07) is 10.0. The van der Waals surface area contributed by atoms with Gasteiger partial charge in [-0.25, -0.2) is 0 Å². The molecule has 0 atom stereocenters. The zero-order chi connectivity index (χ0) is 18.8. The lowest BCUT2D eigenvalue weighted by Gasteiger charge is -2.18. The van der Waals surface area contributed by atoms with Crippen molar-refractivity contribution in [2.45, 2.75) is 6.42 Å². The average Bonchev–Trinajstić information content (AvgIpc) is 2.68. The fourth-order valence-electron chi connectivity index (χ4n) is 2.91. The molecule has 138 valence electrons. The van der Waals surface area contributed by atoms with Crippen molar-refractivity contribution in [3.63, 3.8) is 0 Å². The first-order valence-electron chi connectivity index (χ1n) is 8.61. The quantitative estimate of drug-likeness (QED) is 0.556. The molecule has 2 aromatic carbocycles. The van der Waals surface area contributed by atoms with Crippen molar-refractivity contribution < 1.29 is 29.2 Å². The van der Waals surface area contributed by atoms with Crippen LogP contribution in [-0.2, 0) is 4.79 Å². The Balaban J connectivity index is 1.70. The minimum Gasteiger partial charge on any atom is -0.486 e. The van der Waals surface area contributed by atoms with Gasteiger partial charge in [0.15, 0.2) is 16.9 Å². The molecule has 4 rings (SSSR count). The number of quaternary nitrogens is 1. The summed E-state index contributed by atoms with van der Waals surface area (Å²) in [5.74, 6) is 1.21. The van der Waals surface area contributed by atoms with E-state index in [2.05, 4.69) is 5.73 Å². The minimum atomic E-state index is -0.375. The highest BCUT2D eigenvalue weighted by Crippen LogP contribution is 2.34. The molecule has 0 saturated heterocycles. The molecule has 1 aromatic heterocycles. The highest BCUT2D eigenvalue weighted by Gasteiger charge is 2.16. The Morgan fingerprint density at radius 2 is 1.89 bits per heavy atom. The highest BCUT2D eigenvalue weighted by atomic mass is 16.6. The maximum atomic E-state index is 12.9. The maximum Gasteiger partial charge on any atom is 0.316 e. The van der Waals surface area contributed by atoms with Gasteiger partial charge in [-0.2, -0.15) is 0 Å². The summed E-state index contributed by atoms with van der Waals surface area (Å²) in [6.45, 7) is 1.44. The predicted molar refractivity (Wildman–Crippen MR) is 96.9 cm³/mol. The van der Waals surface area contributed by atoms with Crippen LogP contribution in [-0.4, -0.2) is 25.7 Å². The Hall–Kier alpha value is -3.32. The summed E-state index contributed by atoms with van der Waals surface area (Å²) in [4.78, 5) is 24.5. The third-order valence-corrected chi connectivity index (χ3v) is 4.21. The van der Waals surface area contributed by atoms with E-state index in [1.165, 1.54) is 12.3 Å². The Morgan fingerprint density at radius 3 is 2.70 bits per heavy atom. The molecule has 0 bridgehead atoms. The van der Waals surface area contributed by atoms with Gasteiger partial charge in [0, 0.05) is 6.07 Å². The molecular weight excluding hydrogens is 350 g/mol. The molecular formula is C20H18NO6+. The molecule has 7 heteroatoms. The third-order valence-electron chi connectivity index (χ3n) is 4.21. The Bertz CT molecular complexity index is 1070. The Morgan fingerprint density at radius 1 is 1.07 bits per heavy atom. The molecule has 0 saturated carbocycles. The molecule has 3 aromatic rings. The van der Waals surface area contributed by atoms with Crippen LogP contribution in [0, 0.1) is 0 Å². The first-order valence-corrected chi connectivity index (χ1v) is 8.61. The lowest BCUT2D eigenvalue weighted by Crippen LogP contribution is -2.51. The van der Waals surface area contributed by atoms with Crippen LogP contribution in [0.3, 0.4) is 0 Å². The van der Waals surface area contributed by atoms with Crippen LogP contribution in [0.15, 0.2) is 51.9 Å². The van der Waals surface area contributed by atoms with E-state index in [1.807, 2.05) is 0 Å². The lowest BCUT2D eigenvalue weighted by atomic mass is 10.0. The van der Waals surface area contributed by atoms with Gasteiger partial charge in [0.2, 0.25) is 0 Å². The number of esters is 1. The van der Waals surface area contributed by atoms with E-state index in [9.17, 15) is 9.59 Å². The van der Waals surface area contributed by atoms with Crippen molar-refractivity contribution in [1.29, 1.82) is 0 Å².